The highest BCUT2D eigenvalue weighted by molar-refractivity contribution is 7.88. The fourth-order valence-electron chi connectivity index (χ4n) is 4.13. The highest BCUT2D eigenvalue weighted by Crippen LogP contribution is 2.30. The summed E-state index contributed by atoms with van der Waals surface area (Å²) < 4.78 is 38.3. The summed E-state index contributed by atoms with van der Waals surface area (Å²) in [5, 5.41) is 3.87. The summed E-state index contributed by atoms with van der Waals surface area (Å²) in [6.07, 6.45) is 0. The SMILES string of the molecule is Cc1ccc(C)c2c(C)c(C(=O)NCc3ccccc3CS(=O)(=O)N3CCOCC3)oc12. The van der Waals surface area contributed by atoms with Crippen molar-refractivity contribution in [2.24, 2.45) is 0 Å². The third kappa shape index (κ3) is 4.44. The van der Waals surface area contributed by atoms with E-state index in [0.717, 1.165) is 33.2 Å². The molecule has 0 saturated carbocycles. The van der Waals surface area contributed by atoms with Gasteiger partial charge >= 0.3 is 0 Å². The zero-order chi connectivity index (χ0) is 22.9. The van der Waals surface area contributed by atoms with Gasteiger partial charge in [0.05, 0.1) is 19.0 Å². The van der Waals surface area contributed by atoms with Gasteiger partial charge in [-0.25, -0.2) is 8.42 Å². The Hall–Kier alpha value is -2.68. The summed E-state index contributed by atoms with van der Waals surface area (Å²) in [5.41, 5.74) is 5.01. The van der Waals surface area contributed by atoms with Crippen LogP contribution in [0.5, 0.6) is 0 Å². The van der Waals surface area contributed by atoms with Gasteiger partial charge in [-0.1, -0.05) is 36.4 Å². The molecule has 0 atom stereocenters. The van der Waals surface area contributed by atoms with Gasteiger partial charge in [0.15, 0.2) is 5.76 Å². The molecule has 2 aromatic carbocycles. The number of nitrogens with one attached hydrogen (secondary N) is 1. The standard InChI is InChI=1S/C24H28N2O5S/c1-16-8-9-17(2)22-21(16)18(3)23(31-22)24(27)25-14-19-6-4-5-7-20(19)15-32(28,29)26-10-12-30-13-11-26/h4-9H,10-15H2,1-3H3,(H,25,27). The Kier molecular flexibility index (Phi) is 6.37. The Morgan fingerprint density at radius 1 is 1.00 bits per heavy atom. The van der Waals surface area contributed by atoms with Crippen molar-refractivity contribution in [3.63, 3.8) is 0 Å². The van der Waals surface area contributed by atoms with Crippen LogP contribution in [0.25, 0.3) is 11.0 Å². The van der Waals surface area contributed by atoms with Crippen LogP contribution in [0.3, 0.4) is 0 Å². The molecule has 8 heteroatoms. The van der Waals surface area contributed by atoms with Crippen LogP contribution >= 0.6 is 0 Å². The predicted octanol–water partition coefficient (Wildman–Crippen LogP) is 3.45. The predicted molar refractivity (Wildman–Crippen MR) is 123 cm³/mol. The van der Waals surface area contributed by atoms with Gasteiger partial charge in [0.1, 0.15) is 5.58 Å². The Morgan fingerprint density at radius 3 is 2.34 bits per heavy atom. The number of benzene rings is 2. The summed E-state index contributed by atoms with van der Waals surface area (Å²) in [6, 6.07) is 11.3. The summed E-state index contributed by atoms with van der Waals surface area (Å²) in [5.74, 6) is -0.139. The second-order valence-corrected chi connectivity index (χ2v) is 10.1. The van der Waals surface area contributed by atoms with E-state index in [2.05, 4.69) is 5.32 Å². The molecule has 1 saturated heterocycles. The molecule has 1 aromatic heterocycles. The van der Waals surface area contributed by atoms with E-state index in [-0.39, 0.29) is 24.0 Å². The number of furan rings is 1. The van der Waals surface area contributed by atoms with Crippen LogP contribution in [0.15, 0.2) is 40.8 Å². The number of morpholine rings is 1. The Balaban J connectivity index is 1.52. The molecule has 0 radical (unpaired) electrons. The molecule has 0 bridgehead atoms. The number of hydrogen-bond acceptors (Lipinski definition) is 5. The number of ether oxygens (including phenoxy) is 1. The smallest absolute Gasteiger partial charge is 0.287 e. The summed E-state index contributed by atoms with van der Waals surface area (Å²) >= 11 is 0. The minimum absolute atomic E-state index is 0.110. The van der Waals surface area contributed by atoms with E-state index < -0.39 is 10.0 Å². The fourth-order valence-corrected chi connectivity index (χ4v) is 5.69. The van der Waals surface area contributed by atoms with Crippen molar-refractivity contribution in [1.82, 2.24) is 9.62 Å². The Bertz CT molecular complexity index is 1260. The van der Waals surface area contributed by atoms with Crippen LogP contribution in [0.1, 0.15) is 38.4 Å². The van der Waals surface area contributed by atoms with Gasteiger partial charge in [-0.15, -0.1) is 0 Å². The normalized spacial score (nSPS) is 15.2. The molecule has 0 aliphatic carbocycles. The number of hydrogen-bond donors (Lipinski definition) is 1. The molecule has 3 aromatic rings. The third-order valence-corrected chi connectivity index (χ3v) is 7.78. The zero-order valence-electron chi connectivity index (χ0n) is 18.6. The molecular formula is C24H28N2O5S. The molecule has 1 aliphatic heterocycles. The average Bonchev–Trinajstić information content (AvgIpc) is 3.14. The number of sulfonamides is 1. The van der Waals surface area contributed by atoms with Crippen molar-refractivity contribution in [1.29, 1.82) is 0 Å². The molecule has 4 rings (SSSR count). The molecular weight excluding hydrogens is 428 g/mol. The van der Waals surface area contributed by atoms with Crippen LogP contribution in [0.4, 0.5) is 0 Å². The lowest BCUT2D eigenvalue weighted by molar-refractivity contribution is 0.0729. The summed E-state index contributed by atoms with van der Waals surface area (Å²) in [4.78, 5) is 12.9. The first-order valence-electron chi connectivity index (χ1n) is 10.7. The second-order valence-electron chi connectivity index (χ2n) is 8.18. The quantitative estimate of drug-likeness (QED) is 0.614. The van der Waals surface area contributed by atoms with Crippen molar-refractivity contribution in [2.45, 2.75) is 33.1 Å². The first-order chi connectivity index (χ1) is 15.3. The van der Waals surface area contributed by atoms with E-state index in [0.29, 0.717) is 31.9 Å². The van der Waals surface area contributed by atoms with E-state index in [4.69, 9.17) is 9.15 Å². The molecule has 1 fully saturated rings. The first kappa shape index (κ1) is 22.5. The topological polar surface area (TPSA) is 88.9 Å². The molecule has 170 valence electrons. The highest BCUT2D eigenvalue weighted by atomic mass is 32.2. The number of nitrogens with zero attached hydrogens (tertiary/aromatic N) is 1. The van der Waals surface area contributed by atoms with Gasteiger partial charge in [-0.2, -0.15) is 4.31 Å². The fraction of sp³-hybridized carbons (Fsp3) is 0.375. The van der Waals surface area contributed by atoms with Crippen molar-refractivity contribution in [3.8, 4) is 0 Å². The maximum atomic E-state index is 12.9. The molecule has 0 spiro atoms. The van der Waals surface area contributed by atoms with Gasteiger partial charge in [-0.05, 0) is 43.0 Å². The number of carbonyl (C=O) groups excluding carboxylic acids is 1. The Morgan fingerprint density at radius 2 is 1.66 bits per heavy atom. The van der Waals surface area contributed by atoms with E-state index in [9.17, 15) is 13.2 Å². The molecule has 32 heavy (non-hydrogen) atoms. The number of aryl methyl sites for hydroxylation is 3. The number of amides is 1. The molecule has 1 aliphatic rings. The van der Waals surface area contributed by atoms with Gasteiger partial charge in [0, 0.05) is 30.6 Å². The van der Waals surface area contributed by atoms with Crippen LogP contribution in [-0.4, -0.2) is 44.9 Å². The molecule has 0 unspecified atom stereocenters. The lowest BCUT2D eigenvalue weighted by Gasteiger charge is -2.26. The van der Waals surface area contributed by atoms with Crippen molar-refractivity contribution >= 4 is 26.9 Å². The maximum Gasteiger partial charge on any atom is 0.287 e. The van der Waals surface area contributed by atoms with Gasteiger partial charge in [0.25, 0.3) is 5.91 Å². The first-order valence-corrected chi connectivity index (χ1v) is 12.3. The lowest BCUT2D eigenvalue weighted by Crippen LogP contribution is -2.41. The zero-order valence-corrected chi connectivity index (χ0v) is 19.4. The number of fused-ring (bicyclic) bond motifs is 1. The van der Waals surface area contributed by atoms with Gasteiger partial charge in [0.2, 0.25) is 10.0 Å². The number of rotatable bonds is 6. The third-order valence-electron chi connectivity index (χ3n) is 5.95. The van der Waals surface area contributed by atoms with Crippen LogP contribution < -0.4 is 5.32 Å². The monoisotopic (exact) mass is 456 g/mol. The van der Waals surface area contributed by atoms with Crippen molar-refractivity contribution in [2.75, 3.05) is 26.3 Å². The van der Waals surface area contributed by atoms with Crippen molar-refractivity contribution < 1.29 is 22.4 Å². The molecule has 1 N–H and O–H groups in total. The van der Waals surface area contributed by atoms with Crippen LogP contribution in [0, 0.1) is 20.8 Å². The minimum Gasteiger partial charge on any atom is -0.450 e. The summed E-state index contributed by atoms with van der Waals surface area (Å²) in [6.45, 7) is 7.60. The largest absolute Gasteiger partial charge is 0.450 e. The summed E-state index contributed by atoms with van der Waals surface area (Å²) in [7, 11) is -3.46. The Labute approximate surface area is 188 Å². The minimum atomic E-state index is -3.46. The second kappa shape index (κ2) is 9.05. The van der Waals surface area contributed by atoms with Crippen LogP contribution in [-0.2, 0) is 27.1 Å². The maximum absolute atomic E-state index is 12.9. The van der Waals surface area contributed by atoms with E-state index in [1.54, 1.807) is 6.07 Å². The van der Waals surface area contributed by atoms with Crippen molar-refractivity contribution in [3.05, 3.63) is 70.0 Å². The van der Waals surface area contributed by atoms with E-state index >= 15 is 0 Å². The highest BCUT2D eigenvalue weighted by Gasteiger charge is 2.26. The van der Waals surface area contributed by atoms with E-state index in [1.807, 2.05) is 51.1 Å². The van der Waals surface area contributed by atoms with Crippen LogP contribution in [0.2, 0.25) is 0 Å². The average molecular weight is 457 g/mol. The van der Waals surface area contributed by atoms with E-state index in [1.165, 1.54) is 4.31 Å². The number of carbonyl (C=O) groups is 1. The van der Waals surface area contributed by atoms with Gasteiger partial charge < -0.3 is 14.5 Å². The molecule has 1 amide bonds. The molecule has 7 nitrogen and oxygen atoms in total. The van der Waals surface area contributed by atoms with Gasteiger partial charge in [-0.3, -0.25) is 4.79 Å². The lowest BCUT2D eigenvalue weighted by atomic mass is 10.0. The molecule has 2 heterocycles.